The second-order valence-electron chi connectivity index (χ2n) is 7.53. The van der Waals surface area contributed by atoms with Crippen LogP contribution in [0.3, 0.4) is 0 Å². The van der Waals surface area contributed by atoms with Crippen LogP contribution in [0.2, 0.25) is 0 Å². The van der Waals surface area contributed by atoms with Crippen molar-refractivity contribution in [3.8, 4) is 0 Å². The molecule has 2 heterocycles. The van der Waals surface area contributed by atoms with Crippen LogP contribution in [0.4, 0.5) is 0 Å². The Kier molecular flexibility index (Phi) is 4.12. The van der Waals surface area contributed by atoms with Crippen molar-refractivity contribution >= 4 is 16.9 Å². The lowest BCUT2D eigenvalue weighted by molar-refractivity contribution is -0.122. The third kappa shape index (κ3) is 2.97. The smallest absolute Gasteiger partial charge is 0.336 e. The van der Waals surface area contributed by atoms with Crippen molar-refractivity contribution in [3.05, 3.63) is 45.8 Å². The highest BCUT2D eigenvalue weighted by atomic mass is 16.4. The van der Waals surface area contributed by atoms with Crippen molar-refractivity contribution in [1.82, 2.24) is 4.90 Å². The summed E-state index contributed by atoms with van der Waals surface area (Å²) in [7, 11) is 0. The molecule has 2 fully saturated rings. The minimum absolute atomic E-state index is 0.235. The molecule has 5 nitrogen and oxygen atoms in total. The lowest BCUT2D eigenvalue weighted by atomic mass is 9.84. The Labute approximate surface area is 146 Å². The van der Waals surface area contributed by atoms with Gasteiger partial charge < -0.3 is 10.2 Å². The zero-order valence-electron chi connectivity index (χ0n) is 14.5. The van der Waals surface area contributed by atoms with E-state index in [2.05, 4.69) is 4.90 Å². The van der Waals surface area contributed by atoms with Crippen LogP contribution in [0.1, 0.15) is 43.2 Å². The SMILES string of the molecule is Cc1ccc2c(CN3[C@@H]4CCCC[C@H]4C[C@H]3C(N)=O)cc(=O)oc2c1. The van der Waals surface area contributed by atoms with Gasteiger partial charge in [0.1, 0.15) is 5.58 Å². The van der Waals surface area contributed by atoms with E-state index in [9.17, 15) is 9.59 Å². The zero-order valence-corrected chi connectivity index (χ0v) is 14.5. The third-order valence-corrected chi connectivity index (χ3v) is 5.89. The van der Waals surface area contributed by atoms with Gasteiger partial charge in [0.15, 0.2) is 0 Å². The first-order valence-corrected chi connectivity index (χ1v) is 9.11. The van der Waals surface area contributed by atoms with Crippen molar-refractivity contribution in [2.75, 3.05) is 0 Å². The summed E-state index contributed by atoms with van der Waals surface area (Å²) in [5, 5.41) is 0.938. The largest absolute Gasteiger partial charge is 0.423 e. The number of rotatable bonds is 3. The number of carbonyl (C=O) groups is 1. The van der Waals surface area contributed by atoms with E-state index in [-0.39, 0.29) is 17.6 Å². The molecule has 1 saturated carbocycles. The first kappa shape index (κ1) is 16.3. The number of benzene rings is 1. The van der Waals surface area contributed by atoms with Crippen LogP contribution >= 0.6 is 0 Å². The molecule has 2 aromatic rings. The summed E-state index contributed by atoms with van der Waals surface area (Å²) in [6.45, 7) is 2.54. The maximum absolute atomic E-state index is 12.0. The van der Waals surface area contributed by atoms with Crippen LogP contribution in [-0.2, 0) is 11.3 Å². The van der Waals surface area contributed by atoms with E-state index in [4.69, 9.17) is 10.2 Å². The molecule has 1 aromatic carbocycles. The molecule has 1 amide bonds. The summed E-state index contributed by atoms with van der Waals surface area (Å²) in [6.07, 6.45) is 5.55. The first-order valence-electron chi connectivity index (χ1n) is 9.11. The summed E-state index contributed by atoms with van der Waals surface area (Å²) in [4.78, 5) is 26.3. The van der Waals surface area contributed by atoms with Crippen molar-refractivity contribution < 1.29 is 9.21 Å². The number of aryl methyl sites for hydroxylation is 1. The highest BCUT2D eigenvalue weighted by Crippen LogP contribution is 2.40. The van der Waals surface area contributed by atoms with E-state index >= 15 is 0 Å². The van der Waals surface area contributed by atoms with Crippen LogP contribution < -0.4 is 11.4 Å². The van der Waals surface area contributed by atoms with E-state index < -0.39 is 0 Å². The summed E-state index contributed by atoms with van der Waals surface area (Å²) in [5.74, 6) is 0.289. The predicted molar refractivity (Wildman–Crippen MR) is 96.1 cm³/mol. The Morgan fingerprint density at radius 1 is 1.28 bits per heavy atom. The number of hydrogen-bond acceptors (Lipinski definition) is 4. The Morgan fingerprint density at radius 3 is 2.88 bits per heavy atom. The number of nitrogens with zero attached hydrogens (tertiary/aromatic N) is 1. The van der Waals surface area contributed by atoms with Gasteiger partial charge in [-0.2, -0.15) is 0 Å². The van der Waals surface area contributed by atoms with Gasteiger partial charge in [-0.3, -0.25) is 9.69 Å². The standard InChI is InChI=1S/C20H24N2O3/c1-12-6-7-15-14(10-19(23)25-18(15)8-12)11-22-16-5-3-2-4-13(16)9-17(22)20(21)24/h6-8,10,13,16-17H,2-5,9,11H2,1H3,(H2,21,24)/t13-,16+,17-/m0/s1. The van der Waals surface area contributed by atoms with E-state index in [1.54, 1.807) is 6.07 Å². The van der Waals surface area contributed by atoms with Gasteiger partial charge >= 0.3 is 5.63 Å². The molecule has 1 saturated heterocycles. The highest BCUT2D eigenvalue weighted by molar-refractivity contribution is 5.82. The van der Waals surface area contributed by atoms with Gasteiger partial charge in [0, 0.05) is 24.0 Å². The molecule has 0 bridgehead atoms. The molecule has 1 aromatic heterocycles. The van der Waals surface area contributed by atoms with Crippen molar-refractivity contribution in [2.45, 2.75) is 57.7 Å². The molecule has 2 N–H and O–H groups in total. The monoisotopic (exact) mass is 340 g/mol. The van der Waals surface area contributed by atoms with Gasteiger partial charge in [-0.15, -0.1) is 0 Å². The third-order valence-electron chi connectivity index (χ3n) is 5.89. The Hall–Kier alpha value is -2.14. The molecule has 1 aliphatic heterocycles. The lowest BCUT2D eigenvalue weighted by Crippen LogP contribution is -2.44. The Bertz CT molecular complexity index is 873. The second kappa shape index (κ2) is 6.30. The Morgan fingerprint density at radius 2 is 2.08 bits per heavy atom. The lowest BCUT2D eigenvalue weighted by Gasteiger charge is -2.33. The number of amides is 1. The molecule has 5 heteroatoms. The number of primary amides is 1. The van der Waals surface area contributed by atoms with Crippen molar-refractivity contribution in [2.24, 2.45) is 11.7 Å². The van der Waals surface area contributed by atoms with Crippen molar-refractivity contribution in [3.63, 3.8) is 0 Å². The van der Waals surface area contributed by atoms with Gasteiger partial charge in [-0.25, -0.2) is 4.79 Å². The minimum atomic E-state index is -0.344. The van der Waals surface area contributed by atoms with Crippen LogP contribution in [0.15, 0.2) is 33.5 Å². The van der Waals surface area contributed by atoms with E-state index in [0.29, 0.717) is 24.1 Å². The van der Waals surface area contributed by atoms with Crippen molar-refractivity contribution in [1.29, 1.82) is 0 Å². The number of nitrogens with two attached hydrogens (primary N) is 1. The fourth-order valence-corrected chi connectivity index (χ4v) is 4.72. The summed E-state index contributed by atoms with van der Waals surface area (Å²) in [5.41, 5.74) is 7.93. The zero-order chi connectivity index (χ0) is 17.6. The highest BCUT2D eigenvalue weighted by Gasteiger charge is 2.44. The fraction of sp³-hybridized carbons (Fsp3) is 0.500. The molecular formula is C20H24N2O3. The Balaban J connectivity index is 1.74. The average molecular weight is 340 g/mol. The number of carbonyl (C=O) groups excluding carboxylic acids is 1. The first-order chi connectivity index (χ1) is 12.0. The minimum Gasteiger partial charge on any atom is -0.423 e. The fourth-order valence-electron chi connectivity index (χ4n) is 4.72. The molecule has 0 radical (unpaired) electrons. The summed E-state index contributed by atoms with van der Waals surface area (Å²) in [6, 6.07) is 7.62. The van der Waals surface area contributed by atoms with Crippen LogP contribution in [0, 0.1) is 12.8 Å². The maximum Gasteiger partial charge on any atom is 0.336 e. The molecule has 25 heavy (non-hydrogen) atoms. The quantitative estimate of drug-likeness (QED) is 0.872. The summed E-state index contributed by atoms with van der Waals surface area (Å²) >= 11 is 0. The van der Waals surface area contributed by atoms with Crippen LogP contribution in [-0.4, -0.2) is 22.9 Å². The molecule has 3 atom stereocenters. The molecule has 0 spiro atoms. The van der Waals surface area contributed by atoms with Gasteiger partial charge in [-0.1, -0.05) is 25.0 Å². The van der Waals surface area contributed by atoms with Crippen LogP contribution in [0.25, 0.3) is 11.0 Å². The van der Waals surface area contributed by atoms with E-state index in [1.807, 2.05) is 25.1 Å². The molecule has 0 unspecified atom stereocenters. The number of likely N-dealkylation sites (tertiary alicyclic amines) is 1. The molecule has 1 aliphatic carbocycles. The van der Waals surface area contributed by atoms with Crippen LogP contribution in [0.5, 0.6) is 0 Å². The molecule has 2 aliphatic rings. The van der Waals surface area contributed by atoms with Gasteiger partial charge in [-0.05, 0) is 49.3 Å². The molecule has 132 valence electrons. The molecular weight excluding hydrogens is 316 g/mol. The number of fused-ring (bicyclic) bond motifs is 2. The second-order valence-corrected chi connectivity index (χ2v) is 7.53. The molecule has 4 rings (SSSR count). The maximum atomic E-state index is 12.0. The topological polar surface area (TPSA) is 76.5 Å². The number of hydrogen-bond donors (Lipinski definition) is 1. The van der Waals surface area contributed by atoms with E-state index in [0.717, 1.165) is 29.4 Å². The van der Waals surface area contributed by atoms with Gasteiger partial charge in [0.2, 0.25) is 5.91 Å². The van der Waals surface area contributed by atoms with E-state index in [1.165, 1.54) is 19.3 Å². The summed E-state index contributed by atoms with van der Waals surface area (Å²) < 4.78 is 5.36. The van der Waals surface area contributed by atoms with Gasteiger partial charge in [0.25, 0.3) is 0 Å². The predicted octanol–water partition coefficient (Wildman–Crippen LogP) is 2.72. The average Bonchev–Trinajstić information content (AvgIpc) is 2.93. The van der Waals surface area contributed by atoms with Gasteiger partial charge in [0.05, 0.1) is 6.04 Å². The normalized spacial score (nSPS) is 26.7.